The van der Waals surface area contributed by atoms with E-state index in [1.165, 1.54) is 0 Å². The monoisotopic (exact) mass is 325 g/mol. The molecule has 0 radical (unpaired) electrons. The summed E-state index contributed by atoms with van der Waals surface area (Å²) in [5.74, 6) is 1.44. The van der Waals surface area contributed by atoms with E-state index in [0.29, 0.717) is 6.61 Å². The van der Waals surface area contributed by atoms with E-state index in [1.807, 2.05) is 11.8 Å². The van der Waals surface area contributed by atoms with Crippen molar-refractivity contribution in [3.05, 3.63) is 24.4 Å². The number of nitrogens with one attached hydrogen (secondary N) is 2. The fourth-order valence-corrected chi connectivity index (χ4v) is 3.78. The summed E-state index contributed by atoms with van der Waals surface area (Å²) in [6.07, 6.45) is 2.14. The van der Waals surface area contributed by atoms with Crippen LogP contribution in [0, 0.1) is 0 Å². The van der Waals surface area contributed by atoms with Crippen molar-refractivity contribution in [3.8, 4) is 5.75 Å². The first-order valence-corrected chi connectivity index (χ1v) is 8.22. The molecule has 0 aliphatic carbocycles. The summed E-state index contributed by atoms with van der Waals surface area (Å²) in [4.78, 5) is 14.0. The van der Waals surface area contributed by atoms with Crippen molar-refractivity contribution in [3.63, 3.8) is 0 Å². The van der Waals surface area contributed by atoms with Crippen LogP contribution >= 0.6 is 0 Å². The standard InChI is InChI=1S/C17H19N5O2/c1-10-16(23)20-19-15-7-24-14-5-11-3-4-21(17(2)8-18-9-17)12(11)6-13(14)22(10)15/h3-6,10,18H,7-9H2,1-2H3,(H,20,23)/t10-/m1/s1. The third-order valence-electron chi connectivity index (χ3n) is 5.32. The first-order chi connectivity index (χ1) is 11.6. The first-order valence-electron chi connectivity index (χ1n) is 8.22. The molecule has 24 heavy (non-hydrogen) atoms. The fourth-order valence-electron chi connectivity index (χ4n) is 3.78. The zero-order chi connectivity index (χ0) is 16.5. The minimum Gasteiger partial charge on any atom is -0.483 e. The van der Waals surface area contributed by atoms with Gasteiger partial charge in [-0.25, -0.2) is 5.43 Å². The summed E-state index contributed by atoms with van der Waals surface area (Å²) in [6, 6.07) is 6.00. The van der Waals surface area contributed by atoms with Gasteiger partial charge in [0.25, 0.3) is 5.91 Å². The molecular weight excluding hydrogens is 306 g/mol. The zero-order valence-corrected chi connectivity index (χ0v) is 13.7. The van der Waals surface area contributed by atoms with Gasteiger partial charge in [0.05, 0.1) is 16.7 Å². The summed E-state index contributed by atoms with van der Waals surface area (Å²) in [5.41, 5.74) is 4.71. The number of carbonyl (C=O) groups is 1. The number of amidine groups is 1. The van der Waals surface area contributed by atoms with Gasteiger partial charge >= 0.3 is 0 Å². The molecule has 1 saturated heterocycles. The highest BCUT2D eigenvalue weighted by Crippen LogP contribution is 2.40. The smallest absolute Gasteiger partial charge is 0.262 e. The molecule has 1 amide bonds. The normalized spacial score (nSPS) is 24.4. The number of benzene rings is 1. The van der Waals surface area contributed by atoms with Crippen molar-refractivity contribution in [1.29, 1.82) is 0 Å². The Morgan fingerprint density at radius 1 is 1.38 bits per heavy atom. The Hall–Kier alpha value is -2.54. The molecule has 0 bridgehead atoms. The zero-order valence-electron chi connectivity index (χ0n) is 13.7. The lowest BCUT2D eigenvalue weighted by Crippen LogP contribution is -2.58. The van der Waals surface area contributed by atoms with Gasteiger partial charge in [-0.2, -0.15) is 5.10 Å². The Morgan fingerprint density at radius 3 is 2.96 bits per heavy atom. The van der Waals surface area contributed by atoms with Crippen LogP contribution < -0.4 is 20.4 Å². The summed E-state index contributed by atoms with van der Waals surface area (Å²) < 4.78 is 8.19. The van der Waals surface area contributed by atoms with Crippen LogP contribution in [0.5, 0.6) is 5.75 Å². The number of rotatable bonds is 1. The minimum atomic E-state index is -0.304. The predicted molar refractivity (Wildman–Crippen MR) is 91.5 cm³/mol. The van der Waals surface area contributed by atoms with E-state index >= 15 is 0 Å². The summed E-state index contributed by atoms with van der Waals surface area (Å²) in [5, 5.41) is 8.65. The molecule has 0 saturated carbocycles. The third kappa shape index (κ3) is 1.70. The molecule has 1 fully saturated rings. The van der Waals surface area contributed by atoms with Crippen molar-refractivity contribution in [1.82, 2.24) is 15.3 Å². The Balaban J connectivity index is 1.70. The van der Waals surface area contributed by atoms with Crippen LogP contribution in [0.15, 0.2) is 29.5 Å². The molecule has 2 N–H and O–H groups in total. The second-order valence-corrected chi connectivity index (χ2v) is 7.00. The Bertz CT molecular complexity index is 896. The molecule has 3 aliphatic rings. The number of carbonyl (C=O) groups excluding carboxylic acids is 1. The Labute approximate surface area is 139 Å². The number of ether oxygens (including phenoxy) is 1. The van der Waals surface area contributed by atoms with Gasteiger partial charge in [0.15, 0.2) is 5.84 Å². The number of nitrogens with zero attached hydrogens (tertiary/aromatic N) is 3. The van der Waals surface area contributed by atoms with Gasteiger partial charge in [-0.3, -0.25) is 4.79 Å². The lowest BCUT2D eigenvalue weighted by molar-refractivity contribution is -0.122. The van der Waals surface area contributed by atoms with Gasteiger partial charge in [0.2, 0.25) is 0 Å². The van der Waals surface area contributed by atoms with Crippen molar-refractivity contribution in [2.45, 2.75) is 25.4 Å². The van der Waals surface area contributed by atoms with E-state index in [0.717, 1.165) is 41.3 Å². The maximum Gasteiger partial charge on any atom is 0.262 e. The first kappa shape index (κ1) is 13.9. The average molecular weight is 325 g/mol. The summed E-state index contributed by atoms with van der Waals surface area (Å²) in [7, 11) is 0. The third-order valence-corrected chi connectivity index (χ3v) is 5.32. The predicted octanol–water partition coefficient (Wildman–Crippen LogP) is 0.990. The molecule has 4 heterocycles. The second kappa shape index (κ2) is 4.51. The highest BCUT2D eigenvalue weighted by Gasteiger charge is 2.37. The van der Waals surface area contributed by atoms with Crippen molar-refractivity contribution < 1.29 is 9.53 Å². The Kier molecular flexibility index (Phi) is 2.60. The van der Waals surface area contributed by atoms with Gasteiger partial charge in [-0.1, -0.05) is 0 Å². The van der Waals surface area contributed by atoms with Gasteiger partial charge < -0.3 is 19.5 Å². The number of hydrazone groups is 1. The van der Waals surface area contributed by atoms with Crippen molar-refractivity contribution in [2.24, 2.45) is 5.10 Å². The maximum atomic E-state index is 12.0. The molecule has 0 unspecified atom stereocenters. The molecule has 7 heteroatoms. The van der Waals surface area contributed by atoms with E-state index < -0.39 is 0 Å². The molecule has 5 rings (SSSR count). The lowest BCUT2D eigenvalue weighted by atomic mass is 9.94. The molecule has 1 aromatic heterocycles. The van der Waals surface area contributed by atoms with Crippen LogP contribution in [0.4, 0.5) is 5.69 Å². The number of fused-ring (bicyclic) bond motifs is 4. The van der Waals surface area contributed by atoms with Crippen LogP contribution in [-0.2, 0) is 10.3 Å². The quantitative estimate of drug-likeness (QED) is 0.820. The lowest BCUT2D eigenvalue weighted by Gasteiger charge is -2.42. The Morgan fingerprint density at radius 2 is 2.21 bits per heavy atom. The van der Waals surface area contributed by atoms with Crippen LogP contribution in [0.25, 0.3) is 10.9 Å². The molecule has 1 aromatic carbocycles. The van der Waals surface area contributed by atoms with Crippen LogP contribution in [-0.4, -0.2) is 42.0 Å². The van der Waals surface area contributed by atoms with E-state index in [-0.39, 0.29) is 17.5 Å². The molecule has 124 valence electrons. The van der Waals surface area contributed by atoms with E-state index in [9.17, 15) is 4.79 Å². The van der Waals surface area contributed by atoms with Crippen LogP contribution in [0.2, 0.25) is 0 Å². The number of anilines is 1. The largest absolute Gasteiger partial charge is 0.483 e. The molecule has 1 atom stereocenters. The van der Waals surface area contributed by atoms with Crippen molar-refractivity contribution >= 4 is 28.3 Å². The van der Waals surface area contributed by atoms with Gasteiger partial charge in [0, 0.05) is 24.7 Å². The highest BCUT2D eigenvalue weighted by molar-refractivity contribution is 6.10. The van der Waals surface area contributed by atoms with E-state index in [4.69, 9.17) is 4.74 Å². The van der Waals surface area contributed by atoms with Gasteiger partial charge in [-0.15, -0.1) is 0 Å². The highest BCUT2D eigenvalue weighted by atomic mass is 16.5. The van der Waals surface area contributed by atoms with Crippen LogP contribution in [0.3, 0.4) is 0 Å². The number of hydrogen-bond acceptors (Lipinski definition) is 5. The number of amides is 1. The van der Waals surface area contributed by atoms with E-state index in [1.54, 1.807) is 0 Å². The molecule has 0 spiro atoms. The van der Waals surface area contributed by atoms with E-state index in [2.05, 4.69) is 51.7 Å². The van der Waals surface area contributed by atoms with Crippen LogP contribution in [0.1, 0.15) is 13.8 Å². The maximum absolute atomic E-state index is 12.0. The minimum absolute atomic E-state index is 0.0906. The second-order valence-electron chi connectivity index (χ2n) is 7.00. The molecular formula is C17H19N5O2. The number of aromatic nitrogens is 1. The molecule has 3 aliphatic heterocycles. The summed E-state index contributed by atoms with van der Waals surface area (Å²) in [6.45, 7) is 6.42. The van der Waals surface area contributed by atoms with Crippen molar-refractivity contribution in [2.75, 3.05) is 24.6 Å². The SMILES string of the molecule is C[C@@H]1C(=O)NN=C2COc3cc4ccn(C5(C)CNC5)c4cc3N21. The fraction of sp³-hybridized carbons (Fsp3) is 0.412. The molecule has 7 nitrogen and oxygen atoms in total. The topological polar surface area (TPSA) is 70.9 Å². The van der Waals surface area contributed by atoms with Gasteiger partial charge in [0.1, 0.15) is 18.4 Å². The summed E-state index contributed by atoms with van der Waals surface area (Å²) >= 11 is 0. The molecule has 2 aromatic rings. The van der Waals surface area contributed by atoms with Gasteiger partial charge in [-0.05, 0) is 32.0 Å². The number of hydrogen-bond donors (Lipinski definition) is 2. The average Bonchev–Trinajstić information content (AvgIpc) is 2.97.